The Morgan fingerprint density at radius 3 is 2.17 bits per heavy atom. The fraction of sp³-hybridized carbons (Fsp3) is 0.273. The minimum atomic E-state index is -3.67. The van der Waals surface area contributed by atoms with Gasteiger partial charge >= 0.3 is 0 Å². The lowest BCUT2D eigenvalue weighted by atomic mass is 9.86. The van der Waals surface area contributed by atoms with Gasteiger partial charge in [-0.15, -0.1) is 0 Å². The Labute approximate surface area is 176 Å². The maximum atomic E-state index is 12.8. The van der Waals surface area contributed by atoms with Gasteiger partial charge in [0, 0.05) is 12.1 Å². The van der Waals surface area contributed by atoms with Gasteiger partial charge in [-0.2, -0.15) is 5.10 Å². The van der Waals surface area contributed by atoms with Crippen LogP contribution in [-0.4, -0.2) is 37.8 Å². The Morgan fingerprint density at radius 2 is 1.62 bits per heavy atom. The molecule has 152 valence electrons. The van der Waals surface area contributed by atoms with Crippen molar-refractivity contribution in [3.63, 3.8) is 0 Å². The number of hydrazone groups is 1. The first-order valence-electron chi connectivity index (χ1n) is 9.14. The van der Waals surface area contributed by atoms with E-state index in [1.807, 2.05) is 24.3 Å². The quantitative estimate of drug-likeness (QED) is 0.678. The molecule has 0 unspecified atom stereocenters. The van der Waals surface area contributed by atoms with Gasteiger partial charge in [0.25, 0.3) is 5.91 Å². The summed E-state index contributed by atoms with van der Waals surface area (Å²) < 4.78 is 25.6. The second kappa shape index (κ2) is 7.76. The van der Waals surface area contributed by atoms with Crippen LogP contribution < -0.4 is 0 Å². The van der Waals surface area contributed by atoms with Crippen molar-refractivity contribution >= 4 is 39.1 Å². The number of sulfone groups is 1. The summed E-state index contributed by atoms with van der Waals surface area (Å²) in [6.45, 7) is 6.38. The van der Waals surface area contributed by atoms with Gasteiger partial charge in [-0.25, -0.2) is 13.4 Å². The van der Waals surface area contributed by atoms with Gasteiger partial charge in [0.05, 0.1) is 21.9 Å². The van der Waals surface area contributed by atoms with Crippen LogP contribution in [0.1, 0.15) is 31.9 Å². The van der Waals surface area contributed by atoms with Crippen LogP contribution in [0.15, 0.2) is 64.1 Å². The summed E-state index contributed by atoms with van der Waals surface area (Å²) in [6, 6.07) is 13.8. The highest BCUT2D eigenvalue weighted by Gasteiger charge is 2.31. The third kappa shape index (κ3) is 4.77. The third-order valence-corrected chi connectivity index (χ3v) is 6.59. The lowest BCUT2D eigenvalue weighted by molar-refractivity contribution is -0.124. The van der Waals surface area contributed by atoms with Crippen LogP contribution >= 0.6 is 11.6 Å². The van der Waals surface area contributed by atoms with Crippen LogP contribution in [0.4, 0.5) is 0 Å². The summed E-state index contributed by atoms with van der Waals surface area (Å²) in [4.78, 5) is 12.7. The summed E-state index contributed by atoms with van der Waals surface area (Å²) in [7, 11) is -2.15. The van der Waals surface area contributed by atoms with Gasteiger partial charge in [-0.3, -0.25) is 4.79 Å². The molecule has 0 bridgehead atoms. The third-order valence-electron chi connectivity index (χ3n) is 4.69. The molecule has 0 spiro atoms. The maximum Gasteiger partial charge on any atom is 0.275 e. The van der Waals surface area contributed by atoms with E-state index in [1.165, 1.54) is 41.9 Å². The van der Waals surface area contributed by atoms with Gasteiger partial charge in [0.2, 0.25) is 0 Å². The SMILES string of the molecule is CN1N=C(CS(=O)(=O)c2ccc(Cl)cc2)/C(=C/c2ccc(C(C)(C)C)cc2)C1=O. The molecule has 0 radical (unpaired) electrons. The summed E-state index contributed by atoms with van der Waals surface area (Å²) in [5.41, 5.74) is 2.52. The smallest absolute Gasteiger partial charge is 0.267 e. The fourth-order valence-corrected chi connectivity index (χ4v) is 4.40. The number of carbonyl (C=O) groups excluding carboxylic acids is 1. The number of likely N-dealkylation sites (N-methyl/N-ethyl adjacent to an activating group) is 1. The van der Waals surface area contributed by atoms with Crippen molar-refractivity contribution in [3.8, 4) is 0 Å². The van der Waals surface area contributed by atoms with Crippen molar-refractivity contribution in [3.05, 3.63) is 70.3 Å². The molecule has 3 rings (SSSR count). The van der Waals surface area contributed by atoms with Gasteiger partial charge in [0.1, 0.15) is 0 Å². The van der Waals surface area contributed by atoms with Crippen molar-refractivity contribution < 1.29 is 13.2 Å². The summed E-state index contributed by atoms with van der Waals surface area (Å²) >= 11 is 5.84. The molecule has 0 atom stereocenters. The zero-order valence-electron chi connectivity index (χ0n) is 16.8. The van der Waals surface area contributed by atoms with E-state index in [4.69, 9.17) is 11.6 Å². The van der Waals surface area contributed by atoms with Crippen LogP contribution in [-0.2, 0) is 20.0 Å². The number of carbonyl (C=O) groups is 1. The second-order valence-corrected chi connectivity index (χ2v) is 10.4. The van der Waals surface area contributed by atoms with Crippen molar-refractivity contribution in [2.24, 2.45) is 5.10 Å². The number of hydrogen-bond donors (Lipinski definition) is 0. The molecule has 0 saturated heterocycles. The monoisotopic (exact) mass is 430 g/mol. The highest BCUT2D eigenvalue weighted by Crippen LogP contribution is 2.25. The van der Waals surface area contributed by atoms with Crippen LogP contribution in [0, 0.1) is 0 Å². The molecule has 29 heavy (non-hydrogen) atoms. The molecule has 1 amide bonds. The highest BCUT2D eigenvalue weighted by molar-refractivity contribution is 7.92. The number of nitrogens with zero attached hydrogens (tertiary/aromatic N) is 2. The van der Waals surface area contributed by atoms with Crippen molar-refractivity contribution in [2.75, 3.05) is 12.8 Å². The number of hydrogen-bond acceptors (Lipinski definition) is 4. The molecule has 5 nitrogen and oxygen atoms in total. The average Bonchev–Trinajstić information content (AvgIpc) is 2.89. The lowest BCUT2D eigenvalue weighted by Crippen LogP contribution is -2.20. The predicted octanol–water partition coefficient (Wildman–Crippen LogP) is 4.32. The van der Waals surface area contributed by atoms with E-state index >= 15 is 0 Å². The van der Waals surface area contributed by atoms with E-state index in [-0.39, 0.29) is 33.3 Å². The average molecular weight is 431 g/mol. The first-order valence-corrected chi connectivity index (χ1v) is 11.2. The Balaban J connectivity index is 1.92. The summed E-state index contributed by atoms with van der Waals surface area (Å²) in [6.07, 6.45) is 1.69. The van der Waals surface area contributed by atoms with Crippen molar-refractivity contribution in [2.45, 2.75) is 31.1 Å². The molecular weight excluding hydrogens is 408 g/mol. The summed E-state index contributed by atoms with van der Waals surface area (Å²) in [5, 5.41) is 5.78. The standard InChI is InChI=1S/C22H23ClN2O3S/c1-22(2,3)16-7-5-15(6-8-16)13-19-20(24-25(4)21(19)26)14-29(27,28)18-11-9-17(23)10-12-18/h5-13H,14H2,1-4H3/b19-13-. The van der Waals surface area contributed by atoms with E-state index in [0.717, 1.165) is 5.56 Å². The molecule has 1 aliphatic heterocycles. The number of rotatable bonds is 4. The Hall–Kier alpha value is -2.44. The first-order chi connectivity index (χ1) is 13.5. The molecule has 7 heteroatoms. The predicted molar refractivity (Wildman–Crippen MR) is 117 cm³/mol. The largest absolute Gasteiger partial charge is 0.275 e. The molecule has 2 aromatic carbocycles. The zero-order chi connectivity index (χ0) is 21.4. The topological polar surface area (TPSA) is 66.8 Å². The van der Waals surface area contributed by atoms with Crippen molar-refractivity contribution in [1.82, 2.24) is 5.01 Å². The summed E-state index contributed by atoms with van der Waals surface area (Å²) in [5.74, 6) is -0.692. The Morgan fingerprint density at radius 1 is 1.03 bits per heavy atom. The highest BCUT2D eigenvalue weighted by atomic mass is 35.5. The number of halogens is 1. The van der Waals surface area contributed by atoms with Crippen LogP contribution in [0.25, 0.3) is 6.08 Å². The molecule has 2 aromatic rings. The molecule has 0 fully saturated rings. The first kappa shape index (κ1) is 21.3. The Kier molecular flexibility index (Phi) is 5.70. The van der Waals surface area contributed by atoms with Gasteiger partial charge in [0.15, 0.2) is 9.84 Å². The Bertz CT molecular complexity index is 1090. The fourth-order valence-electron chi connectivity index (χ4n) is 2.98. The normalized spacial score (nSPS) is 16.4. The minimum absolute atomic E-state index is 0.0222. The number of benzene rings is 2. The molecule has 0 aromatic heterocycles. The van der Waals surface area contributed by atoms with Crippen LogP contribution in [0.2, 0.25) is 5.02 Å². The minimum Gasteiger partial charge on any atom is -0.267 e. The van der Waals surface area contributed by atoms with Gasteiger partial charge < -0.3 is 0 Å². The van der Waals surface area contributed by atoms with E-state index < -0.39 is 9.84 Å². The zero-order valence-corrected chi connectivity index (χ0v) is 18.4. The van der Waals surface area contributed by atoms with E-state index in [2.05, 4.69) is 25.9 Å². The van der Waals surface area contributed by atoms with Gasteiger partial charge in [-0.1, -0.05) is 56.6 Å². The van der Waals surface area contributed by atoms with Crippen LogP contribution in [0.5, 0.6) is 0 Å². The number of amides is 1. The van der Waals surface area contributed by atoms with E-state index in [9.17, 15) is 13.2 Å². The molecule has 0 N–H and O–H groups in total. The maximum absolute atomic E-state index is 12.8. The molecular formula is C22H23ClN2O3S. The van der Waals surface area contributed by atoms with Crippen molar-refractivity contribution in [1.29, 1.82) is 0 Å². The lowest BCUT2D eigenvalue weighted by Gasteiger charge is -2.18. The molecule has 1 heterocycles. The van der Waals surface area contributed by atoms with Gasteiger partial charge in [-0.05, 0) is 46.9 Å². The molecule has 1 aliphatic rings. The van der Waals surface area contributed by atoms with E-state index in [0.29, 0.717) is 5.02 Å². The second-order valence-electron chi connectivity index (χ2n) is 8.02. The van der Waals surface area contributed by atoms with E-state index in [1.54, 1.807) is 6.08 Å². The molecule has 0 saturated carbocycles. The van der Waals surface area contributed by atoms with Crippen LogP contribution in [0.3, 0.4) is 0 Å². The molecule has 0 aliphatic carbocycles.